The Bertz CT molecular complexity index is 335. The molecule has 1 aliphatic rings. The number of hydrogen-bond acceptors (Lipinski definition) is 4. The lowest BCUT2D eigenvalue weighted by Gasteiger charge is -2.05. The maximum atomic E-state index is 11.7. The zero-order valence-corrected chi connectivity index (χ0v) is 11.1. The molecule has 19 heavy (non-hydrogen) atoms. The number of unbranched alkanes of at least 4 members (excludes halogenated alkanes) is 3. The van der Waals surface area contributed by atoms with Crippen molar-refractivity contribution in [2.75, 3.05) is 13.2 Å². The maximum absolute atomic E-state index is 11.7. The van der Waals surface area contributed by atoms with E-state index < -0.39 is 5.97 Å². The summed E-state index contributed by atoms with van der Waals surface area (Å²) in [5, 5.41) is 17.1. The van der Waals surface area contributed by atoms with Crippen LogP contribution in [0.15, 0.2) is 11.6 Å². The van der Waals surface area contributed by atoms with Crippen molar-refractivity contribution in [3.05, 3.63) is 11.6 Å². The van der Waals surface area contributed by atoms with E-state index in [1.165, 1.54) is 0 Å². The smallest absolute Gasteiger partial charge is 0.303 e. The van der Waals surface area contributed by atoms with Crippen LogP contribution in [0.5, 0.6) is 0 Å². The SMILES string of the molecule is O=C(O)CCCCCCC1=C[C@H](OCCO)CC1=O. The summed E-state index contributed by atoms with van der Waals surface area (Å²) < 4.78 is 5.31. The summed E-state index contributed by atoms with van der Waals surface area (Å²) in [6.45, 7) is 0.231. The van der Waals surface area contributed by atoms with Gasteiger partial charge in [-0.25, -0.2) is 0 Å². The zero-order chi connectivity index (χ0) is 14.1. The largest absolute Gasteiger partial charge is 0.481 e. The fraction of sp³-hybridized carbons (Fsp3) is 0.714. The molecule has 0 saturated heterocycles. The van der Waals surface area contributed by atoms with Gasteiger partial charge in [-0.1, -0.05) is 12.8 Å². The van der Waals surface area contributed by atoms with Gasteiger partial charge in [0.05, 0.1) is 19.3 Å². The molecule has 0 aromatic carbocycles. The summed E-state index contributed by atoms with van der Waals surface area (Å²) >= 11 is 0. The van der Waals surface area contributed by atoms with E-state index in [2.05, 4.69) is 0 Å². The first-order chi connectivity index (χ1) is 9.13. The minimum Gasteiger partial charge on any atom is -0.481 e. The molecule has 0 aliphatic heterocycles. The average molecular weight is 270 g/mol. The van der Waals surface area contributed by atoms with Gasteiger partial charge in [0.2, 0.25) is 0 Å². The van der Waals surface area contributed by atoms with Gasteiger partial charge in [0.15, 0.2) is 5.78 Å². The predicted molar refractivity (Wildman–Crippen MR) is 69.9 cm³/mol. The van der Waals surface area contributed by atoms with Crippen molar-refractivity contribution in [2.45, 2.75) is 51.0 Å². The van der Waals surface area contributed by atoms with E-state index in [0.29, 0.717) is 12.8 Å². The fourth-order valence-corrected chi connectivity index (χ4v) is 2.17. The van der Waals surface area contributed by atoms with Gasteiger partial charge in [0.1, 0.15) is 0 Å². The van der Waals surface area contributed by atoms with Crippen LogP contribution in [0.2, 0.25) is 0 Å². The lowest BCUT2D eigenvalue weighted by atomic mass is 10.0. The minimum absolute atomic E-state index is 0.0303. The molecule has 0 spiro atoms. The molecule has 108 valence electrons. The van der Waals surface area contributed by atoms with Crippen molar-refractivity contribution in [3.8, 4) is 0 Å². The van der Waals surface area contributed by atoms with Crippen LogP contribution < -0.4 is 0 Å². The normalized spacial score (nSPS) is 18.7. The van der Waals surface area contributed by atoms with Crippen LogP contribution in [0.3, 0.4) is 0 Å². The Morgan fingerprint density at radius 3 is 2.74 bits per heavy atom. The lowest BCUT2D eigenvalue weighted by molar-refractivity contribution is -0.137. The zero-order valence-electron chi connectivity index (χ0n) is 11.1. The monoisotopic (exact) mass is 270 g/mol. The van der Waals surface area contributed by atoms with Gasteiger partial charge in [-0.05, 0) is 30.9 Å². The summed E-state index contributed by atoms with van der Waals surface area (Å²) in [6, 6.07) is 0. The molecule has 1 aliphatic carbocycles. The number of aliphatic carboxylic acids is 1. The molecule has 0 unspecified atom stereocenters. The second-order valence-corrected chi connectivity index (χ2v) is 4.76. The Hall–Kier alpha value is -1.20. The van der Waals surface area contributed by atoms with Crippen LogP contribution in [-0.2, 0) is 14.3 Å². The van der Waals surface area contributed by atoms with Crippen LogP contribution in [0.4, 0.5) is 0 Å². The summed E-state index contributed by atoms with van der Waals surface area (Å²) in [5.41, 5.74) is 0.821. The molecule has 1 rings (SSSR count). The van der Waals surface area contributed by atoms with Crippen LogP contribution in [0.25, 0.3) is 0 Å². The second kappa shape index (κ2) is 8.82. The number of carboxylic acid groups (broad SMARTS) is 1. The number of rotatable bonds is 10. The third-order valence-electron chi connectivity index (χ3n) is 3.14. The number of ether oxygens (including phenoxy) is 1. The first-order valence-electron chi connectivity index (χ1n) is 6.81. The van der Waals surface area contributed by atoms with Gasteiger partial charge < -0.3 is 14.9 Å². The number of hydrogen-bond donors (Lipinski definition) is 2. The standard InChI is InChI=1S/C14H22O5/c15-7-8-19-12-9-11(13(16)10-12)5-3-1-2-4-6-14(17)18/h9,12,15H,1-8,10H2,(H,17,18)/t12-/m0/s1. The van der Waals surface area contributed by atoms with E-state index in [9.17, 15) is 9.59 Å². The molecule has 0 amide bonds. The van der Waals surface area contributed by atoms with Crippen LogP contribution >= 0.6 is 0 Å². The second-order valence-electron chi connectivity index (χ2n) is 4.76. The number of carboxylic acids is 1. The Balaban J connectivity index is 2.14. The predicted octanol–water partition coefficient (Wildman–Crippen LogP) is 1.69. The highest BCUT2D eigenvalue weighted by molar-refractivity contribution is 5.98. The number of carbonyl (C=O) groups is 2. The Morgan fingerprint density at radius 1 is 1.32 bits per heavy atom. The summed E-state index contributed by atoms with van der Waals surface area (Å²) in [6.07, 6.45) is 6.46. The van der Waals surface area contributed by atoms with Crippen LogP contribution in [-0.4, -0.2) is 41.3 Å². The molecule has 1 atom stereocenters. The Morgan fingerprint density at radius 2 is 2.05 bits per heavy atom. The Kier molecular flexibility index (Phi) is 7.36. The lowest BCUT2D eigenvalue weighted by Crippen LogP contribution is -2.11. The molecular weight excluding hydrogens is 248 g/mol. The third kappa shape index (κ3) is 6.50. The first-order valence-corrected chi connectivity index (χ1v) is 6.81. The van der Waals surface area contributed by atoms with Crippen molar-refractivity contribution < 1.29 is 24.5 Å². The van der Waals surface area contributed by atoms with Crippen LogP contribution in [0.1, 0.15) is 44.9 Å². The Labute approximate surface area is 113 Å². The van der Waals surface area contributed by atoms with Gasteiger partial charge in [-0.15, -0.1) is 0 Å². The van der Waals surface area contributed by atoms with E-state index in [0.717, 1.165) is 31.3 Å². The molecule has 5 nitrogen and oxygen atoms in total. The van der Waals surface area contributed by atoms with Crippen molar-refractivity contribution in [2.24, 2.45) is 0 Å². The van der Waals surface area contributed by atoms with E-state index in [1.54, 1.807) is 0 Å². The van der Waals surface area contributed by atoms with Crippen molar-refractivity contribution in [3.63, 3.8) is 0 Å². The summed E-state index contributed by atoms with van der Waals surface area (Å²) in [5.74, 6) is -0.619. The van der Waals surface area contributed by atoms with Crippen LogP contribution in [0, 0.1) is 0 Å². The fourth-order valence-electron chi connectivity index (χ4n) is 2.17. The summed E-state index contributed by atoms with van der Waals surface area (Å²) in [7, 11) is 0. The molecule has 0 aromatic heterocycles. The number of allylic oxidation sites excluding steroid dienone is 1. The van der Waals surface area contributed by atoms with Gasteiger partial charge in [0, 0.05) is 12.8 Å². The molecule has 5 heteroatoms. The molecule has 0 aromatic rings. The van der Waals surface area contributed by atoms with Gasteiger partial charge in [-0.2, -0.15) is 0 Å². The molecule has 0 fully saturated rings. The number of aliphatic hydroxyl groups is 1. The van der Waals surface area contributed by atoms with Crippen molar-refractivity contribution >= 4 is 11.8 Å². The number of aliphatic hydroxyl groups excluding tert-OH is 1. The van der Waals surface area contributed by atoms with E-state index >= 15 is 0 Å². The molecular formula is C14H22O5. The van der Waals surface area contributed by atoms with E-state index in [4.69, 9.17) is 14.9 Å². The van der Waals surface area contributed by atoms with Crippen molar-refractivity contribution in [1.29, 1.82) is 0 Å². The van der Waals surface area contributed by atoms with E-state index in [1.807, 2.05) is 6.08 Å². The highest BCUT2D eigenvalue weighted by atomic mass is 16.5. The van der Waals surface area contributed by atoms with Crippen molar-refractivity contribution in [1.82, 2.24) is 0 Å². The average Bonchev–Trinajstić information content (AvgIpc) is 2.71. The number of ketones is 1. The molecule has 0 radical (unpaired) electrons. The quantitative estimate of drug-likeness (QED) is 0.590. The summed E-state index contributed by atoms with van der Waals surface area (Å²) in [4.78, 5) is 22.0. The maximum Gasteiger partial charge on any atom is 0.303 e. The van der Waals surface area contributed by atoms with Gasteiger partial charge >= 0.3 is 5.97 Å². The highest BCUT2D eigenvalue weighted by Crippen LogP contribution is 2.22. The third-order valence-corrected chi connectivity index (χ3v) is 3.14. The van der Waals surface area contributed by atoms with E-state index in [-0.39, 0.29) is 31.5 Å². The number of Topliss-reactive ketones (excluding diaryl/α,β-unsaturated/α-hetero) is 1. The topological polar surface area (TPSA) is 83.8 Å². The molecule has 0 saturated carbocycles. The minimum atomic E-state index is -0.752. The molecule has 0 bridgehead atoms. The number of carbonyl (C=O) groups excluding carboxylic acids is 1. The van der Waals surface area contributed by atoms with Gasteiger partial charge in [0.25, 0.3) is 0 Å². The van der Waals surface area contributed by atoms with Gasteiger partial charge in [-0.3, -0.25) is 9.59 Å². The first kappa shape index (κ1) is 15.9. The molecule has 2 N–H and O–H groups in total. The highest BCUT2D eigenvalue weighted by Gasteiger charge is 2.23. The molecule has 0 heterocycles.